The molecule has 4 aliphatic rings. The number of unbranched alkanes of at least 4 members (excludes halogenated alkanes) is 2. The summed E-state index contributed by atoms with van der Waals surface area (Å²) in [4.78, 5) is 0. The Morgan fingerprint density at radius 1 is 0.690 bits per heavy atom. The molecule has 0 N–H and O–H groups in total. The van der Waals surface area contributed by atoms with Crippen LogP contribution in [0.4, 0.5) is 22.0 Å². The standard InChI is InChI=1S/C32H45F5O5/c1-2-3-4-5-20-16-38-31(39-17-20)24-18-40-30(41-19-24)23-8-6-21(7-9-23)22-10-12-25(13-11-22)32(36,37)42-26-14-27(33)29(35)28(34)15-26/h14-15,20-25,30-31H,2-13,16-19H2,1H3. The maximum atomic E-state index is 14.8. The molecule has 0 spiro atoms. The lowest BCUT2D eigenvalue weighted by molar-refractivity contribution is -0.291. The normalized spacial score (nSPS) is 34.7. The van der Waals surface area contributed by atoms with Gasteiger partial charge in [-0.3, -0.25) is 0 Å². The van der Waals surface area contributed by atoms with Gasteiger partial charge in [0, 0.05) is 24.0 Å². The van der Waals surface area contributed by atoms with Crippen LogP contribution >= 0.6 is 0 Å². The van der Waals surface area contributed by atoms with Crippen LogP contribution in [0.15, 0.2) is 12.1 Å². The Labute approximate surface area is 245 Å². The van der Waals surface area contributed by atoms with Gasteiger partial charge in [-0.05, 0) is 69.6 Å². The molecule has 5 rings (SSSR count). The molecule has 42 heavy (non-hydrogen) atoms. The van der Waals surface area contributed by atoms with Crippen LogP contribution in [-0.4, -0.2) is 45.1 Å². The highest BCUT2D eigenvalue weighted by Crippen LogP contribution is 2.46. The van der Waals surface area contributed by atoms with E-state index in [-0.39, 0.29) is 31.3 Å². The second kappa shape index (κ2) is 14.5. The van der Waals surface area contributed by atoms with Crippen molar-refractivity contribution in [1.29, 1.82) is 0 Å². The third kappa shape index (κ3) is 7.96. The number of hydrogen-bond donors (Lipinski definition) is 0. The fourth-order valence-electron chi connectivity index (χ4n) is 7.29. The molecule has 1 aromatic rings. The van der Waals surface area contributed by atoms with Crippen LogP contribution in [0.5, 0.6) is 5.75 Å². The van der Waals surface area contributed by atoms with Gasteiger partial charge in [0.1, 0.15) is 5.75 Å². The fraction of sp³-hybridized carbons (Fsp3) is 0.812. The monoisotopic (exact) mass is 604 g/mol. The van der Waals surface area contributed by atoms with Crippen molar-refractivity contribution in [2.75, 3.05) is 26.4 Å². The average Bonchev–Trinajstić information content (AvgIpc) is 3.00. The third-order valence-electron chi connectivity index (χ3n) is 9.87. The van der Waals surface area contributed by atoms with Gasteiger partial charge in [0.15, 0.2) is 30.0 Å². The molecular weight excluding hydrogens is 559 g/mol. The number of hydrogen-bond acceptors (Lipinski definition) is 5. The Morgan fingerprint density at radius 3 is 1.76 bits per heavy atom. The molecule has 2 aliphatic heterocycles. The summed E-state index contributed by atoms with van der Waals surface area (Å²) in [7, 11) is 0. The Kier molecular flexibility index (Phi) is 11.0. The average molecular weight is 605 g/mol. The van der Waals surface area contributed by atoms with E-state index in [0.717, 1.165) is 45.3 Å². The molecule has 2 saturated heterocycles. The minimum absolute atomic E-state index is 0.0765. The first-order valence-corrected chi connectivity index (χ1v) is 15.9. The molecule has 10 heteroatoms. The third-order valence-corrected chi connectivity index (χ3v) is 9.87. The van der Waals surface area contributed by atoms with Crippen molar-refractivity contribution in [2.24, 2.45) is 35.5 Å². The van der Waals surface area contributed by atoms with Gasteiger partial charge in [-0.2, -0.15) is 8.78 Å². The minimum Gasteiger partial charge on any atom is -0.432 e. The van der Waals surface area contributed by atoms with Gasteiger partial charge in [-0.25, -0.2) is 13.2 Å². The molecule has 0 aromatic heterocycles. The first-order valence-electron chi connectivity index (χ1n) is 15.9. The van der Waals surface area contributed by atoms with Crippen LogP contribution in [0, 0.1) is 53.0 Å². The number of rotatable bonds is 10. The van der Waals surface area contributed by atoms with E-state index in [4.69, 9.17) is 18.9 Å². The number of halogens is 5. The van der Waals surface area contributed by atoms with E-state index in [1.807, 2.05) is 0 Å². The lowest BCUT2D eigenvalue weighted by Crippen LogP contribution is -2.46. The molecule has 0 unspecified atom stereocenters. The highest BCUT2D eigenvalue weighted by atomic mass is 19.3. The van der Waals surface area contributed by atoms with Gasteiger partial charge < -0.3 is 23.7 Å². The molecule has 0 amide bonds. The van der Waals surface area contributed by atoms with E-state index in [9.17, 15) is 22.0 Å². The van der Waals surface area contributed by atoms with Crippen molar-refractivity contribution in [3.05, 3.63) is 29.6 Å². The maximum Gasteiger partial charge on any atom is 0.400 e. The maximum absolute atomic E-state index is 14.8. The SMILES string of the molecule is CCCCCC1COC(C2COC(C3CCC(C4CCC(C(F)(F)Oc5cc(F)c(F)c(F)c5)CC4)CC3)OC2)OC1. The second-order valence-electron chi connectivity index (χ2n) is 12.8. The van der Waals surface area contributed by atoms with Gasteiger partial charge in [-0.1, -0.05) is 26.2 Å². The number of alkyl halides is 2. The number of ether oxygens (including phenoxy) is 5. The van der Waals surface area contributed by atoms with Gasteiger partial charge in [0.2, 0.25) is 0 Å². The topological polar surface area (TPSA) is 46.2 Å². The first-order chi connectivity index (χ1) is 20.2. The molecule has 5 nitrogen and oxygen atoms in total. The van der Waals surface area contributed by atoms with Gasteiger partial charge in [0.25, 0.3) is 0 Å². The highest BCUT2D eigenvalue weighted by Gasteiger charge is 2.46. The predicted molar refractivity (Wildman–Crippen MR) is 145 cm³/mol. The summed E-state index contributed by atoms with van der Waals surface area (Å²) < 4.78 is 98.6. The lowest BCUT2D eigenvalue weighted by atomic mass is 9.69. The molecule has 4 fully saturated rings. The van der Waals surface area contributed by atoms with Crippen molar-refractivity contribution in [2.45, 2.75) is 103 Å². The molecule has 2 aliphatic carbocycles. The van der Waals surface area contributed by atoms with Crippen LogP contribution in [0.3, 0.4) is 0 Å². The quantitative estimate of drug-likeness (QED) is 0.153. The van der Waals surface area contributed by atoms with Crippen molar-refractivity contribution < 1.29 is 45.6 Å². The summed E-state index contributed by atoms with van der Waals surface area (Å²) in [5.74, 6) is -4.87. The summed E-state index contributed by atoms with van der Waals surface area (Å²) in [6, 6.07) is 0.913. The van der Waals surface area contributed by atoms with E-state index < -0.39 is 35.2 Å². The van der Waals surface area contributed by atoms with Crippen LogP contribution in [0.2, 0.25) is 0 Å². The van der Waals surface area contributed by atoms with E-state index in [1.165, 1.54) is 19.3 Å². The van der Waals surface area contributed by atoms with Crippen molar-refractivity contribution in [3.8, 4) is 5.75 Å². The summed E-state index contributed by atoms with van der Waals surface area (Å²) in [6.07, 6.45) is 6.60. The second-order valence-corrected chi connectivity index (χ2v) is 12.8. The van der Waals surface area contributed by atoms with Gasteiger partial charge >= 0.3 is 6.11 Å². The fourth-order valence-corrected chi connectivity index (χ4v) is 7.29. The predicted octanol–water partition coefficient (Wildman–Crippen LogP) is 8.25. The first kappa shape index (κ1) is 31.9. The minimum atomic E-state index is -3.59. The highest BCUT2D eigenvalue weighted by molar-refractivity contribution is 5.25. The number of benzene rings is 1. The molecule has 238 valence electrons. The lowest BCUT2D eigenvalue weighted by Gasteiger charge is -2.42. The van der Waals surface area contributed by atoms with E-state index in [1.54, 1.807) is 0 Å². The molecule has 0 radical (unpaired) electrons. The van der Waals surface area contributed by atoms with E-state index in [0.29, 0.717) is 61.9 Å². The Bertz CT molecular complexity index is 957. The molecule has 2 heterocycles. The summed E-state index contributed by atoms with van der Waals surface area (Å²) in [6.45, 7) is 4.80. The molecule has 2 saturated carbocycles. The molecule has 0 bridgehead atoms. The van der Waals surface area contributed by atoms with Gasteiger partial charge in [-0.15, -0.1) is 0 Å². The zero-order valence-electron chi connectivity index (χ0n) is 24.5. The van der Waals surface area contributed by atoms with Crippen molar-refractivity contribution in [1.82, 2.24) is 0 Å². The summed E-state index contributed by atoms with van der Waals surface area (Å²) >= 11 is 0. The zero-order valence-corrected chi connectivity index (χ0v) is 24.5. The van der Waals surface area contributed by atoms with Crippen molar-refractivity contribution >= 4 is 0 Å². The largest absolute Gasteiger partial charge is 0.432 e. The molecule has 0 atom stereocenters. The van der Waals surface area contributed by atoms with E-state index >= 15 is 0 Å². The van der Waals surface area contributed by atoms with E-state index in [2.05, 4.69) is 11.7 Å². The molecular formula is C32H45F5O5. The van der Waals surface area contributed by atoms with Gasteiger partial charge in [0.05, 0.1) is 38.3 Å². The summed E-state index contributed by atoms with van der Waals surface area (Å²) in [5, 5.41) is 0. The smallest absolute Gasteiger partial charge is 0.400 e. The summed E-state index contributed by atoms with van der Waals surface area (Å²) in [5.41, 5.74) is 0. The van der Waals surface area contributed by atoms with Crippen LogP contribution in [0.25, 0.3) is 0 Å². The molecule has 1 aromatic carbocycles. The Hall–Kier alpha value is -1.49. The van der Waals surface area contributed by atoms with Crippen molar-refractivity contribution in [3.63, 3.8) is 0 Å². The Balaban J connectivity index is 0.995. The Morgan fingerprint density at radius 2 is 1.19 bits per heavy atom. The zero-order chi connectivity index (χ0) is 29.7. The van der Waals surface area contributed by atoms with Crippen LogP contribution in [-0.2, 0) is 18.9 Å². The van der Waals surface area contributed by atoms with Crippen LogP contribution < -0.4 is 4.74 Å². The van der Waals surface area contributed by atoms with Crippen LogP contribution in [0.1, 0.15) is 84.0 Å².